The molecule has 3 fully saturated rings. The Labute approximate surface area is 323 Å². The first-order valence-electron chi connectivity index (χ1n) is 19.1. The predicted octanol–water partition coefficient (Wildman–Crippen LogP) is 4.11. The minimum Gasteiger partial charge on any atom is -0.453 e. The van der Waals surface area contributed by atoms with Gasteiger partial charge in [-0.05, 0) is 95.5 Å². The number of nitrogens with one attached hydrogen (secondary N) is 2. The summed E-state index contributed by atoms with van der Waals surface area (Å²) in [7, 11) is 2.49. The first-order chi connectivity index (χ1) is 26.3. The summed E-state index contributed by atoms with van der Waals surface area (Å²) < 4.78 is 65.6. The van der Waals surface area contributed by atoms with Crippen LogP contribution in [-0.2, 0) is 26.7 Å². The lowest BCUT2D eigenvalue weighted by atomic mass is 9.64. The summed E-state index contributed by atoms with van der Waals surface area (Å²) in [6.45, 7) is 5.88. The molecule has 3 atom stereocenters. The van der Waals surface area contributed by atoms with Gasteiger partial charge in [-0.1, -0.05) is 18.6 Å². The minimum absolute atomic E-state index is 0.0237. The number of nitrogens with two attached hydrogens (primary N) is 1. The number of anilines is 1. The molecule has 0 spiro atoms. The first-order valence-corrected chi connectivity index (χ1v) is 20.6. The Balaban J connectivity index is 1.20. The highest BCUT2D eigenvalue weighted by Crippen LogP contribution is 2.52. The van der Waals surface area contributed by atoms with Crippen molar-refractivity contribution in [1.29, 1.82) is 5.41 Å². The van der Waals surface area contributed by atoms with Gasteiger partial charge in [0, 0.05) is 68.2 Å². The third-order valence-electron chi connectivity index (χ3n) is 11.8. The zero-order chi connectivity index (χ0) is 39.5. The summed E-state index contributed by atoms with van der Waals surface area (Å²) in [6, 6.07) is 9.78. The maximum atomic E-state index is 16.3. The second-order valence-electron chi connectivity index (χ2n) is 15.5. The van der Waals surface area contributed by atoms with Gasteiger partial charge in [0.25, 0.3) is 0 Å². The summed E-state index contributed by atoms with van der Waals surface area (Å²) in [4.78, 5) is 23.1. The van der Waals surface area contributed by atoms with Crippen LogP contribution in [0.3, 0.4) is 0 Å². The fourth-order valence-corrected chi connectivity index (χ4v) is 11.0. The molecule has 3 heterocycles. The van der Waals surface area contributed by atoms with Gasteiger partial charge in [0.2, 0.25) is 9.84 Å². The molecule has 2 saturated heterocycles. The maximum Gasteiger partial charge on any atom is 0.407 e. The number of likely N-dealkylation sites (tertiary alicyclic amines) is 1. The van der Waals surface area contributed by atoms with Crippen LogP contribution >= 0.6 is 0 Å². The summed E-state index contributed by atoms with van der Waals surface area (Å²) in [5, 5.41) is 12.3. The number of sulfone groups is 1. The number of rotatable bonds is 14. The molecule has 0 bridgehead atoms. The molecule has 1 amide bonds. The van der Waals surface area contributed by atoms with Crippen LogP contribution in [-0.4, -0.2) is 107 Å². The summed E-state index contributed by atoms with van der Waals surface area (Å²) in [5.41, 5.74) is 0.706. The monoisotopic (exact) mass is 781 g/mol. The lowest BCUT2D eigenvalue weighted by Gasteiger charge is -2.52. The number of aryl methyl sites for hydroxylation is 1. The standard InChI is InChI=1S/C40H54F2N8O4S/c1-27-45-16-19-50(27)40(30-8-6-9-31(41)20-30,34-10-7-11-35(34)46-39(51)54-5)29-14-17-48(18-15-29)23-28-24-49(25-28)36-12-13-37(33(38(36)42)26-47(3)4)55(52,53)32(21-43)22-44-2/h6,8-9,12-13,16,19-22,28-29,34-35,43-44H,7,10-11,14-15,17-18,23-26H2,1-5H3,(H,46,51)/p+1/b32-22+,43-21?/t34-,35-,40?/m0/s1. The summed E-state index contributed by atoms with van der Waals surface area (Å²) in [6.07, 6.45) is 9.77. The van der Waals surface area contributed by atoms with Gasteiger partial charge in [0.1, 0.15) is 22.7 Å². The number of piperidine rings is 1. The molecule has 1 aromatic heterocycles. The highest BCUT2D eigenvalue weighted by atomic mass is 32.2. The van der Waals surface area contributed by atoms with Gasteiger partial charge < -0.3 is 40.0 Å². The summed E-state index contributed by atoms with van der Waals surface area (Å²) >= 11 is 0. The van der Waals surface area contributed by atoms with E-state index in [2.05, 4.69) is 19.8 Å². The number of amides is 1. The van der Waals surface area contributed by atoms with Crippen LogP contribution in [0.5, 0.6) is 0 Å². The van der Waals surface area contributed by atoms with Gasteiger partial charge in [0.05, 0.1) is 30.3 Å². The van der Waals surface area contributed by atoms with Crippen LogP contribution in [0.15, 0.2) is 64.8 Å². The lowest BCUT2D eigenvalue weighted by molar-refractivity contribution is -0.556. The van der Waals surface area contributed by atoms with Crippen LogP contribution < -0.4 is 15.5 Å². The van der Waals surface area contributed by atoms with E-state index in [1.54, 1.807) is 55.8 Å². The third-order valence-corrected chi connectivity index (χ3v) is 13.7. The van der Waals surface area contributed by atoms with Gasteiger partial charge in [0.15, 0.2) is 5.82 Å². The molecule has 55 heavy (non-hydrogen) atoms. The molecule has 6 rings (SSSR count). The van der Waals surface area contributed by atoms with Crippen molar-refractivity contribution in [2.45, 2.75) is 62.0 Å². The average molecular weight is 782 g/mol. The first kappa shape index (κ1) is 40.5. The number of quaternary nitrogens is 1. The number of halogens is 2. The molecule has 2 aromatic carbocycles. The Hall–Kier alpha value is -4.18. The average Bonchev–Trinajstić information content (AvgIpc) is 3.79. The second-order valence-corrected chi connectivity index (χ2v) is 17.4. The van der Waals surface area contributed by atoms with E-state index in [0.29, 0.717) is 24.7 Å². The number of hydrogen-bond donors (Lipinski definition) is 3. The topological polar surface area (TPSA) is 140 Å². The van der Waals surface area contributed by atoms with Gasteiger partial charge in [-0.2, -0.15) is 0 Å². The molecule has 0 radical (unpaired) electrons. The van der Waals surface area contributed by atoms with E-state index >= 15 is 8.78 Å². The van der Waals surface area contributed by atoms with E-state index < -0.39 is 27.3 Å². The number of allylic oxidation sites excluding steroid dienone is 1. The lowest BCUT2D eigenvalue weighted by Crippen LogP contribution is -2.73. The number of imidazole rings is 1. The Bertz CT molecular complexity index is 1990. The molecule has 2 aliphatic heterocycles. The number of aromatic nitrogens is 2. The van der Waals surface area contributed by atoms with E-state index in [1.165, 1.54) is 25.4 Å². The van der Waals surface area contributed by atoms with E-state index in [4.69, 9.17) is 10.1 Å². The van der Waals surface area contributed by atoms with Crippen molar-refractivity contribution in [1.82, 2.24) is 24.7 Å². The molecule has 3 aliphatic rings. The number of ether oxygens (including phenoxy) is 1. The number of hydrogen-bond acceptors (Lipinski definition) is 9. The van der Waals surface area contributed by atoms with E-state index in [-0.39, 0.29) is 45.6 Å². The fraction of sp³-hybridized carbons (Fsp3) is 0.525. The Morgan fingerprint density at radius 1 is 1.15 bits per heavy atom. The number of nitrogens with zero attached hydrogens (tertiary/aromatic N) is 5. The number of alkyl carbamates (subject to hydrolysis) is 1. The van der Waals surface area contributed by atoms with Gasteiger partial charge >= 0.3 is 6.09 Å². The summed E-state index contributed by atoms with van der Waals surface area (Å²) in [5.74, 6) is 0.392. The predicted molar refractivity (Wildman–Crippen MR) is 208 cm³/mol. The number of carbonyl (C=O) groups excluding carboxylic acids is 1. The van der Waals surface area contributed by atoms with Crippen LogP contribution in [0.25, 0.3) is 0 Å². The maximum absolute atomic E-state index is 16.3. The SMILES string of the molecule is C[NH2+]/C=C(\C=N)S(=O)(=O)c1ccc(N2CC(CN3CCC(C(c4cccc(F)c4)([C@H]4CCC[C@@H]4NC(=O)OC)n4ccnc4C)CC3)C2)c(F)c1CN(C)C. The number of carbonyl (C=O) groups is 1. The smallest absolute Gasteiger partial charge is 0.407 e. The molecule has 4 N–H and O–H groups in total. The van der Waals surface area contributed by atoms with Crippen LogP contribution in [0.2, 0.25) is 0 Å². The van der Waals surface area contributed by atoms with Crippen molar-refractivity contribution in [2.75, 3.05) is 65.9 Å². The van der Waals surface area contributed by atoms with Gasteiger partial charge in [-0.3, -0.25) is 0 Å². The van der Waals surface area contributed by atoms with Crippen molar-refractivity contribution in [3.8, 4) is 0 Å². The molecular weight excluding hydrogens is 727 g/mol. The number of benzene rings is 2. The van der Waals surface area contributed by atoms with E-state index in [1.807, 2.05) is 24.1 Å². The molecule has 1 unspecified atom stereocenters. The highest BCUT2D eigenvalue weighted by molar-refractivity contribution is 7.96. The van der Waals surface area contributed by atoms with Gasteiger partial charge in [-0.25, -0.2) is 27.0 Å². The molecule has 1 saturated carbocycles. The van der Waals surface area contributed by atoms with Crippen LogP contribution in [0.1, 0.15) is 49.1 Å². The van der Waals surface area contributed by atoms with E-state index in [0.717, 1.165) is 69.3 Å². The van der Waals surface area contributed by atoms with Crippen LogP contribution in [0, 0.1) is 41.7 Å². The van der Waals surface area contributed by atoms with Crippen molar-refractivity contribution >= 4 is 27.8 Å². The Morgan fingerprint density at radius 2 is 1.89 bits per heavy atom. The number of methoxy groups -OCH3 is 1. The zero-order valence-electron chi connectivity index (χ0n) is 32.5. The minimum atomic E-state index is -4.09. The molecule has 3 aromatic rings. The zero-order valence-corrected chi connectivity index (χ0v) is 33.3. The Kier molecular flexibility index (Phi) is 12.4. The van der Waals surface area contributed by atoms with Crippen LogP contribution in [0.4, 0.5) is 19.3 Å². The molecule has 12 nitrogen and oxygen atoms in total. The highest BCUT2D eigenvalue weighted by Gasteiger charge is 2.54. The normalized spacial score (nSPS) is 21.4. The Morgan fingerprint density at radius 3 is 2.51 bits per heavy atom. The fourth-order valence-electron chi connectivity index (χ4n) is 9.50. The van der Waals surface area contributed by atoms with Gasteiger partial charge in [-0.15, -0.1) is 0 Å². The largest absolute Gasteiger partial charge is 0.453 e. The van der Waals surface area contributed by atoms with Crippen molar-refractivity contribution in [2.24, 2.45) is 17.8 Å². The van der Waals surface area contributed by atoms with Crippen molar-refractivity contribution in [3.63, 3.8) is 0 Å². The molecule has 298 valence electrons. The van der Waals surface area contributed by atoms with Crippen molar-refractivity contribution < 1.29 is 32.0 Å². The van der Waals surface area contributed by atoms with Crippen molar-refractivity contribution in [3.05, 3.63) is 88.5 Å². The molecule has 15 heteroatoms. The molecular formula is C40H55F2N8O4S+. The van der Waals surface area contributed by atoms with E-state index in [9.17, 15) is 13.2 Å². The molecule has 1 aliphatic carbocycles. The third kappa shape index (κ3) is 7.94. The second kappa shape index (κ2) is 16.9. The quantitative estimate of drug-likeness (QED) is 0.208.